The first-order chi connectivity index (χ1) is 7.73. The largest absolute Gasteiger partial charge is 2.00 e. The van der Waals surface area contributed by atoms with E-state index in [4.69, 9.17) is 72.7 Å². The van der Waals surface area contributed by atoms with Crippen LogP contribution in [0.25, 0.3) is 0 Å². The van der Waals surface area contributed by atoms with E-state index in [9.17, 15) is 0 Å². The molecule has 0 fully saturated rings. The van der Waals surface area contributed by atoms with Gasteiger partial charge in [0.25, 0.3) is 0 Å². The van der Waals surface area contributed by atoms with Crippen molar-refractivity contribution >= 4 is 90.4 Å². The van der Waals surface area contributed by atoms with E-state index in [1.807, 2.05) is 0 Å². The number of carbonyl (C=O) groups is 1. The minimum absolute atomic E-state index is 0. The molecule has 0 bridgehead atoms. The van der Waals surface area contributed by atoms with Crippen molar-refractivity contribution in [3.8, 4) is 0 Å². The maximum Gasteiger partial charge on any atom is 2.00 e. The van der Waals surface area contributed by atoms with E-state index >= 15 is 0 Å². The number of hydrogen-bond donors (Lipinski definition) is 11. The Labute approximate surface area is 168 Å². The average molecular weight is 424 g/mol. The van der Waals surface area contributed by atoms with Crippen LogP contribution in [0, 0.1) is 0 Å². The molecular formula is CH15CaMgO15P3. The first-order valence-corrected chi connectivity index (χ1v) is 7.69. The predicted molar refractivity (Wildman–Crippen MR) is 69.4 cm³/mol. The van der Waals surface area contributed by atoms with Gasteiger partial charge >= 0.3 is 90.4 Å². The first kappa shape index (κ1) is 38.3. The summed E-state index contributed by atoms with van der Waals surface area (Å²) >= 11 is 0. The van der Waals surface area contributed by atoms with Gasteiger partial charge in [-0.25, -0.2) is 18.5 Å². The molecule has 0 atom stereocenters. The van der Waals surface area contributed by atoms with Crippen molar-refractivity contribution in [3.05, 3.63) is 0 Å². The maximum absolute atomic E-state index is 8.88. The molecule has 0 aliphatic rings. The third kappa shape index (κ3) is 3150. The summed E-state index contributed by atoms with van der Waals surface area (Å²) < 4.78 is 26.6. The van der Waals surface area contributed by atoms with Gasteiger partial charge in [-0.3, -0.25) is 0 Å². The van der Waals surface area contributed by atoms with E-state index in [0.717, 1.165) is 0 Å². The van der Waals surface area contributed by atoms with Crippen molar-refractivity contribution in [2.75, 3.05) is 0 Å². The molecule has 0 aromatic carbocycles. The van der Waals surface area contributed by atoms with Crippen LogP contribution in [0.1, 0.15) is 5.71 Å². The van der Waals surface area contributed by atoms with Gasteiger partial charge in [0.15, 0.2) is 0 Å². The van der Waals surface area contributed by atoms with Crippen molar-refractivity contribution in [1.29, 1.82) is 0 Å². The Hall–Kier alpha value is 1.63. The zero-order chi connectivity index (χ0) is 17.1. The molecule has 0 unspecified atom stereocenters. The van der Waals surface area contributed by atoms with Gasteiger partial charge in [-0.15, -0.1) is 0 Å². The predicted octanol–water partition coefficient (Wildman–Crippen LogP) is -2.88. The molecule has 0 spiro atoms. The van der Waals surface area contributed by atoms with Crippen molar-refractivity contribution in [2.45, 2.75) is 0 Å². The SMILES string of the molecule is O=C(O)O.O=P(O)(O)O.O=P(O)(O)O.O=P(O)(O)O.[Ca+2].[H-].[H-].[H-].[H-].[Mg+2]. The second-order valence-electron chi connectivity index (χ2n) is 1.82. The molecule has 0 heterocycles. The fraction of sp³-hybridized carbons (Fsp3) is 0. The van der Waals surface area contributed by atoms with Gasteiger partial charge in [-0.2, -0.15) is 0 Å². The Morgan fingerprint density at radius 1 is 0.619 bits per heavy atom. The second kappa shape index (κ2) is 18.0. The van der Waals surface area contributed by atoms with E-state index in [2.05, 4.69) is 0 Å². The molecule has 0 rings (SSSR count). The molecule has 0 saturated carbocycles. The molecule has 20 heteroatoms. The summed E-state index contributed by atoms with van der Waals surface area (Å²) in [4.78, 5) is 73.2. The molecule has 0 saturated heterocycles. The van der Waals surface area contributed by atoms with Gasteiger partial charge < -0.3 is 60.0 Å². The van der Waals surface area contributed by atoms with Crippen molar-refractivity contribution in [1.82, 2.24) is 0 Å². The summed E-state index contributed by atoms with van der Waals surface area (Å²) in [5.74, 6) is 0. The molecule has 0 aliphatic heterocycles. The summed E-state index contributed by atoms with van der Waals surface area (Å²) in [5.41, 5.74) is 0. The van der Waals surface area contributed by atoms with Crippen molar-refractivity contribution in [2.24, 2.45) is 0 Å². The third-order valence-corrected chi connectivity index (χ3v) is 0. The number of hydrogen-bond acceptors (Lipinski definition) is 4. The van der Waals surface area contributed by atoms with Gasteiger partial charge in [-0.05, 0) is 0 Å². The van der Waals surface area contributed by atoms with Crippen LogP contribution < -0.4 is 0 Å². The van der Waals surface area contributed by atoms with Gasteiger partial charge in [-0.1, -0.05) is 0 Å². The van der Waals surface area contributed by atoms with Crippen LogP contribution >= 0.6 is 23.5 Å². The summed E-state index contributed by atoms with van der Waals surface area (Å²) in [6, 6.07) is 0. The smallest absolute Gasteiger partial charge is 1.00 e. The molecule has 0 aliphatic carbocycles. The summed E-state index contributed by atoms with van der Waals surface area (Å²) in [6.45, 7) is 0. The Bertz CT molecular complexity index is 301. The van der Waals surface area contributed by atoms with E-state index in [1.165, 1.54) is 0 Å². The van der Waals surface area contributed by atoms with Crippen LogP contribution in [0.2, 0.25) is 0 Å². The van der Waals surface area contributed by atoms with Crippen LogP contribution in [-0.4, -0.2) is 121 Å². The summed E-state index contributed by atoms with van der Waals surface area (Å²) in [6.07, 6.45) is -1.83. The Balaban J connectivity index is -0.0000000139. The van der Waals surface area contributed by atoms with Crippen LogP contribution in [0.5, 0.6) is 0 Å². The topological polar surface area (TPSA) is 291 Å². The Morgan fingerprint density at radius 3 is 0.619 bits per heavy atom. The standard InChI is InChI=1S/CH2O3.Ca.Mg.3H3O4P.4H/c2-1(3)4;;;3*1-5(2,3)4;;;;/h(H2,2,3,4);;;3*(H3,1,2,3,4);;;;/q;2*+2;;;;4*-1. The quantitative estimate of drug-likeness (QED) is 0.137. The maximum atomic E-state index is 8.88. The minimum atomic E-state index is -4.64. The fourth-order valence-electron chi connectivity index (χ4n) is 0. The Morgan fingerprint density at radius 2 is 0.619 bits per heavy atom. The number of carboxylic acid groups (broad SMARTS) is 2. The van der Waals surface area contributed by atoms with E-state index in [0.29, 0.717) is 0 Å². The van der Waals surface area contributed by atoms with E-state index < -0.39 is 29.6 Å². The first-order valence-electron chi connectivity index (χ1n) is 3.00. The van der Waals surface area contributed by atoms with E-state index in [-0.39, 0.29) is 66.5 Å². The molecule has 15 nitrogen and oxygen atoms in total. The molecule has 0 aromatic heterocycles. The summed E-state index contributed by atoms with van der Waals surface area (Å²) in [7, 11) is -13.9. The molecule has 0 amide bonds. The van der Waals surface area contributed by atoms with Crippen LogP contribution in [0.4, 0.5) is 4.79 Å². The van der Waals surface area contributed by atoms with Gasteiger partial charge in [0, 0.05) is 0 Å². The molecule has 128 valence electrons. The number of rotatable bonds is 0. The molecule has 0 aromatic rings. The van der Waals surface area contributed by atoms with Gasteiger partial charge in [0.1, 0.15) is 0 Å². The minimum Gasteiger partial charge on any atom is -1.00 e. The molecular weight excluding hydrogens is 409 g/mol. The van der Waals surface area contributed by atoms with Crippen LogP contribution in [-0.2, 0) is 13.7 Å². The van der Waals surface area contributed by atoms with Crippen molar-refractivity contribution in [3.63, 3.8) is 0 Å². The average Bonchev–Trinajstić information content (AvgIpc) is 1.66. The second-order valence-corrected chi connectivity index (χ2v) is 4.90. The van der Waals surface area contributed by atoms with Crippen LogP contribution in [0.3, 0.4) is 0 Å². The fourth-order valence-corrected chi connectivity index (χ4v) is 0. The number of phosphoric acid groups is 3. The monoisotopic (exact) mass is 424 g/mol. The third-order valence-electron chi connectivity index (χ3n) is 0. The van der Waals surface area contributed by atoms with Gasteiger partial charge in [0.2, 0.25) is 0 Å². The van der Waals surface area contributed by atoms with Gasteiger partial charge in [0.05, 0.1) is 0 Å². The molecule has 21 heavy (non-hydrogen) atoms. The summed E-state index contributed by atoms with van der Waals surface area (Å²) in [5, 5.41) is 13.9. The van der Waals surface area contributed by atoms with Crippen molar-refractivity contribution < 1.29 is 78.4 Å². The Kier molecular flexibility index (Phi) is 32.8. The molecule has 11 N–H and O–H groups in total. The van der Waals surface area contributed by atoms with E-state index in [1.54, 1.807) is 0 Å². The normalized spacial score (nSPS) is 9.57. The zero-order valence-electron chi connectivity index (χ0n) is 13.8. The molecule has 0 radical (unpaired) electrons. The zero-order valence-corrected chi connectivity index (χ0v) is 16.1. The van der Waals surface area contributed by atoms with Crippen LogP contribution in [0.15, 0.2) is 0 Å².